The van der Waals surface area contributed by atoms with Crippen LogP contribution < -0.4 is 10.5 Å². The molecule has 4 heterocycles. The number of hydrogen-bond donors (Lipinski definition) is 0. The maximum absolute atomic E-state index is 13.8. The summed E-state index contributed by atoms with van der Waals surface area (Å²) in [5, 5.41) is 0. The van der Waals surface area contributed by atoms with Crippen LogP contribution in [0.4, 0.5) is 5.82 Å². The van der Waals surface area contributed by atoms with Gasteiger partial charge in [0.2, 0.25) is 0 Å². The van der Waals surface area contributed by atoms with Crippen molar-refractivity contribution in [3.8, 4) is 0 Å². The maximum Gasteiger partial charge on any atom is 0.267 e. The Morgan fingerprint density at radius 2 is 1.78 bits per heavy atom. The minimum absolute atomic E-state index is 0.175. The SMILES string of the molecule is Cc1cccn2c(=O)c(/C=C3/SC(=S)N(C(C)c4ccccc4)C3=O)c(N3CC(C)CC(C)C3)nc12. The molecular formula is C28H30N4O2S2. The number of carbonyl (C=O) groups excluding carboxylic acids is 1. The second kappa shape index (κ2) is 9.82. The van der Waals surface area contributed by atoms with Gasteiger partial charge in [0.15, 0.2) is 0 Å². The van der Waals surface area contributed by atoms with Crippen molar-refractivity contribution in [2.45, 2.75) is 40.2 Å². The van der Waals surface area contributed by atoms with E-state index in [1.54, 1.807) is 21.6 Å². The first-order chi connectivity index (χ1) is 17.2. The van der Waals surface area contributed by atoms with Crippen molar-refractivity contribution in [2.24, 2.45) is 11.8 Å². The summed E-state index contributed by atoms with van der Waals surface area (Å²) in [6.45, 7) is 10.1. The van der Waals surface area contributed by atoms with Crippen LogP contribution in [0.15, 0.2) is 58.4 Å². The molecule has 1 amide bonds. The summed E-state index contributed by atoms with van der Waals surface area (Å²) >= 11 is 6.87. The third kappa shape index (κ3) is 4.48. The van der Waals surface area contributed by atoms with Crippen molar-refractivity contribution >= 4 is 51.7 Å². The average molecular weight is 519 g/mol. The minimum Gasteiger partial charge on any atom is -0.355 e. The molecule has 3 aromatic rings. The van der Waals surface area contributed by atoms with E-state index in [0.717, 1.165) is 30.6 Å². The minimum atomic E-state index is -0.202. The summed E-state index contributed by atoms with van der Waals surface area (Å²) in [5.74, 6) is 1.45. The second-order valence-corrected chi connectivity index (χ2v) is 11.7. The van der Waals surface area contributed by atoms with E-state index in [2.05, 4.69) is 18.7 Å². The molecule has 6 nitrogen and oxygen atoms in total. The van der Waals surface area contributed by atoms with Gasteiger partial charge < -0.3 is 4.90 Å². The molecule has 1 aromatic carbocycles. The van der Waals surface area contributed by atoms with Gasteiger partial charge in [0.05, 0.1) is 16.5 Å². The molecule has 0 bridgehead atoms. The molecule has 0 radical (unpaired) electrons. The number of hydrogen-bond acceptors (Lipinski definition) is 6. The number of thioether (sulfide) groups is 1. The molecule has 8 heteroatoms. The van der Waals surface area contributed by atoms with Gasteiger partial charge in [-0.3, -0.25) is 18.9 Å². The highest BCUT2D eigenvalue weighted by atomic mass is 32.2. The molecular weight excluding hydrogens is 488 g/mol. The number of nitrogens with zero attached hydrogens (tertiary/aromatic N) is 4. The molecule has 0 N–H and O–H groups in total. The van der Waals surface area contributed by atoms with Gasteiger partial charge in [0.25, 0.3) is 11.5 Å². The number of anilines is 1. The van der Waals surface area contributed by atoms with Crippen molar-refractivity contribution < 1.29 is 4.79 Å². The lowest BCUT2D eigenvalue weighted by molar-refractivity contribution is -0.123. The Morgan fingerprint density at radius 3 is 2.47 bits per heavy atom. The van der Waals surface area contributed by atoms with E-state index in [0.29, 0.717) is 38.1 Å². The maximum atomic E-state index is 13.8. The Labute approximate surface area is 221 Å². The van der Waals surface area contributed by atoms with Crippen LogP contribution in [0.25, 0.3) is 11.7 Å². The molecule has 3 unspecified atom stereocenters. The molecule has 2 aromatic heterocycles. The van der Waals surface area contributed by atoms with Crippen LogP contribution in [0.3, 0.4) is 0 Å². The zero-order chi connectivity index (χ0) is 25.6. The van der Waals surface area contributed by atoms with Gasteiger partial charge >= 0.3 is 0 Å². The highest BCUT2D eigenvalue weighted by Crippen LogP contribution is 2.39. The largest absolute Gasteiger partial charge is 0.355 e. The highest BCUT2D eigenvalue weighted by molar-refractivity contribution is 8.26. The quantitative estimate of drug-likeness (QED) is 0.338. The number of carbonyl (C=O) groups is 1. The third-order valence-corrected chi connectivity index (χ3v) is 8.33. The Kier molecular flexibility index (Phi) is 6.74. The number of pyridine rings is 1. The van der Waals surface area contributed by atoms with Crippen molar-refractivity contribution in [1.82, 2.24) is 14.3 Å². The first-order valence-electron chi connectivity index (χ1n) is 12.3. The summed E-state index contributed by atoms with van der Waals surface area (Å²) in [4.78, 5) is 36.7. The fourth-order valence-corrected chi connectivity index (χ4v) is 6.73. The van der Waals surface area contributed by atoms with E-state index in [4.69, 9.17) is 17.2 Å². The van der Waals surface area contributed by atoms with E-state index >= 15 is 0 Å². The molecule has 186 valence electrons. The Hall–Kier alpha value is -2.97. The predicted molar refractivity (Wildman–Crippen MR) is 151 cm³/mol. The summed E-state index contributed by atoms with van der Waals surface area (Å²) < 4.78 is 2.07. The van der Waals surface area contributed by atoms with Crippen LogP contribution in [0, 0.1) is 18.8 Å². The monoisotopic (exact) mass is 518 g/mol. The van der Waals surface area contributed by atoms with Gasteiger partial charge in [-0.05, 0) is 55.4 Å². The lowest BCUT2D eigenvalue weighted by atomic mass is 9.91. The Morgan fingerprint density at radius 1 is 1.08 bits per heavy atom. The van der Waals surface area contributed by atoms with Crippen LogP contribution in [0.2, 0.25) is 0 Å². The summed E-state index contributed by atoms with van der Waals surface area (Å²) in [6.07, 6.45) is 4.59. The number of aromatic nitrogens is 2. The third-order valence-electron chi connectivity index (χ3n) is 7.00. The number of rotatable bonds is 4. The highest BCUT2D eigenvalue weighted by Gasteiger charge is 2.37. The van der Waals surface area contributed by atoms with Gasteiger partial charge in [0.1, 0.15) is 15.8 Å². The first kappa shape index (κ1) is 24.7. The lowest BCUT2D eigenvalue weighted by Crippen LogP contribution is -2.40. The van der Waals surface area contributed by atoms with Crippen molar-refractivity contribution in [3.05, 3.63) is 80.6 Å². The molecule has 5 rings (SSSR count). The van der Waals surface area contributed by atoms with E-state index in [9.17, 15) is 9.59 Å². The number of fused-ring (bicyclic) bond motifs is 1. The van der Waals surface area contributed by atoms with E-state index in [-0.39, 0.29) is 17.5 Å². The number of amides is 1. The van der Waals surface area contributed by atoms with Crippen LogP contribution in [-0.2, 0) is 4.79 Å². The predicted octanol–water partition coefficient (Wildman–Crippen LogP) is 5.45. The average Bonchev–Trinajstić information content (AvgIpc) is 3.13. The molecule has 2 fully saturated rings. The molecule has 2 aliphatic rings. The molecule has 3 atom stereocenters. The standard InChI is InChI=1S/C28H30N4O2S2/c1-17-13-18(2)16-30(15-17)25-22(26(33)31-12-8-9-19(3)24(31)29-25)14-23-27(34)32(28(35)36-23)20(4)21-10-6-5-7-11-21/h5-12,14,17-18,20H,13,15-16H2,1-4H3/b23-14+. The number of benzene rings is 1. The molecule has 0 spiro atoms. The van der Waals surface area contributed by atoms with E-state index in [1.165, 1.54) is 11.8 Å². The molecule has 0 aliphatic carbocycles. The number of piperidine rings is 1. The zero-order valence-corrected chi connectivity index (χ0v) is 22.6. The van der Waals surface area contributed by atoms with Crippen molar-refractivity contribution in [3.63, 3.8) is 0 Å². The topological polar surface area (TPSA) is 57.9 Å². The molecule has 2 aliphatic heterocycles. The van der Waals surface area contributed by atoms with Gasteiger partial charge in [0, 0.05) is 19.3 Å². The lowest BCUT2D eigenvalue weighted by Gasteiger charge is -2.36. The summed E-state index contributed by atoms with van der Waals surface area (Å²) in [5.41, 5.74) is 2.85. The number of aryl methyl sites for hydroxylation is 1. The Bertz CT molecular complexity index is 1420. The van der Waals surface area contributed by atoms with Gasteiger partial charge in [-0.2, -0.15) is 0 Å². The second-order valence-electron chi connectivity index (χ2n) is 10.0. The zero-order valence-electron chi connectivity index (χ0n) is 21.0. The van der Waals surface area contributed by atoms with Crippen molar-refractivity contribution in [1.29, 1.82) is 0 Å². The Balaban J connectivity index is 1.62. The molecule has 0 saturated carbocycles. The molecule has 2 saturated heterocycles. The van der Waals surface area contributed by atoms with Gasteiger partial charge in [-0.1, -0.05) is 74.2 Å². The number of thiocarbonyl (C=S) groups is 1. The van der Waals surface area contributed by atoms with Crippen LogP contribution >= 0.6 is 24.0 Å². The van der Waals surface area contributed by atoms with Crippen LogP contribution in [-0.4, -0.2) is 37.6 Å². The van der Waals surface area contributed by atoms with Gasteiger partial charge in [-0.15, -0.1) is 0 Å². The van der Waals surface area contributed by atoms with Crippen molar-refractivity contribution in [2.75, 3.05) is 18.0 Å². The summed E-state index contributed by atoms with van der Waals surface area (Å²) in [7, 11) is 0. The van der Waals surface area contributed by atoms with Crippen LogP contribution in [0.5, 0.6) is 0 Å². The summed E-state index contributed by atoms with van der Waals surface area (Å²) in [6, 6.07) is 13.4. The molecule has 36 heavy (non-hydrogen) atoms. The smallest absolute Gasteiger partial charge is 0.267 e. The normalized spacial score (nSPS) is 22.6. The van der Waals surface area contributed by atoms with E-state index < -0.39 is 0 Å². The first-order valence-corrected chi connectivity index (χ1v) is 13.6. The van der Waals surface area contributed by atoms with E-state index in [1.807, 2.05) is 56.3 Å². The fraction of sp³-hybridized carbons (Fsp3) is 0.357. The van der Waals surface area contributed by atoms with Gasteiger partial charge in [-0.25, -0.2) is 4.98 Å². The van der Waals surface area contributed by atoms with Crippen LogP contribution in [0.1, 0.15) is 49.9 Å². The fourth-order valence-electron chi connectivity index (χ4n) is 5.33.